The molecule has 3 aliphatic rings. The molecule has 3 heterocycles. The van der Waals surface area contributed by atoms with Crippen molar-refractivity contribution in [3.05, 3.63) is 35.9 Å². The third-order valence-corrected chi connectivity index (χ3v) is 4.24. The molecule has 6 atom stereocenters. The van der Waals surface area contributed by atoms with Gasteiger partial charge in [-0.05, 0) is 0 Å². The molecular weight excluding hydrogens is 308 g/mol. The standard InChI is InChI=1S/C15H16O6S/c1-16-14-12-11(20-15(22)21-12)10-9(18-14)7-17-13(19-10)8-5-3-2-4-6-8/h2-6,9-14H,7H2,1H3/t9-,10-,11+,12-,13?,14+/m1/s1. The van der Waals surface area contributed by atoms with Crippen LogP contribution in [0.2, 0.25) is 0 Å². The highest BCUT2D eigenvalue weighted by Gasteiger charge is 2.56. The second kappa shape index (κ2) is 5.75. The number of ether oxygens (including phenoxy) is 6. The zero-order valence-electron chi connectivity index (χ0n) is 11.9. The normalized spacial score (nSPS) is 40.3. The summed E-state index contributed by atoms with van der Waals surface area (Å²) in [5, 5.41) is 0.104. The first kappa shape index (κ1) is 14.3. The lowest BCUT2D eigenvalue weighted by Crippen LogP contribution is -2.61. The lowest BCUT2D eigenvalue weighted by molar-refractivity contribution is -0.343. The van der Waals surface area contributed by atoms with Crippen LogP contribution in [0.25, 0.3) is 0 Å². The lowest BCUT2D eigenvalue weighted by Gasteiger charge is -2.44. The van der Waals surface area contributed by atoms with Crippen LogP contribution in [0.15, 0.2) is 30.3 Å². The highest BCUT2D eigenvalue weighted by Crippen LogP contribution is 2.38. The van der Waals surface area contributed by atoms with Gasteiger partial charge in [-0.1, -0.05) is 30.3 Å². The topological polar surface area (TPSA) is 55.4 Å². The number of fused-ring (bicyclic) bond motifs is 3. The number of hydrogen-bond donors (Lipinski definition) is 0. The highest BCUT2D eigenvalue weighted by atomic mass is 32.1. The Bertz CT molecular complexity index is 552. The Balaban J connectivity index is 1.56. The predicted octanol–water partition coefficient (Wildman–Crippen LogP) is 1.54. The molecule has 0 aromatic heterocycles. The third-order valence-electron chi connectivity index (χ3n) is 4.05. The van der Waals surface area contributed by atoms with Gasteiger partial charge in [0.15, 0.2) is 24.8 Å². The summed E-state index contributed by atoms with van der Waals surface area (Å²) in [6, 6.07) is 9.76. The van der Waals surface area contributed by atoms with Gasteiger partial charge in [0.25, 0.3) is 0 Å². The van der Waals surface area contributed by atoms with Gasteiger partial charge >= 0.3 is 5.24 Å². The van der Waals surface area contributed by atoms with Gasteiger partial charge in [-0.3, -0.25) is 0 Å². The summed E-state index contributed by atoms with van der Waals surface area (Å²) < 4.78 is 34.1. The molecule has 0 amide bonds. The largest absolute Gasteiger partial charge is 0.446 e. The molecule has 1 aromatic rings. The molecular formula is C15H16O6S. The SMILES string of the molecule is CO[C@H]1O[C@@H]2COC(c3ccccc3)O[C@H]2[C@@H]2OC(=S)O[C@@H]12. The summed E-state index contributed by atoms with van der Waals surface area (Å²) in [4.78, 5) is 0. The summed E-state index contributed by atoms with van der Waals surface area (Å²) in [6.07, 6.45) is -2.39. The van der Waals surface area contributed by atoms with Gasteiger partial charge in [-0.15, -0.1) is 0 Å². The van der Waals surface area contributed by atoms with Gasteiger partial charge in [-0.2, -0.15) is 0 Å². The van der Waals surface area contributed by atoms with E-state index in [9.17, 15) is 0 Å². The summed E-state index contributed by atoms with van der Waals surface area (Å²) in [5.74, 6) is 0. The quantitative estimate of drug-likeness (QED) is 0.765. The van der Waals surface area contributed by atoms with Gasteiger partial charge in [-0.25, -0.2) is 0 Å². The fourth-order valence-corrected chi connectivity index (χ4v) is 3.25. The second-order valence-electron chi connectivity index (χ2n) is 5.37. The summed E-state index contributed by atoms with van der Waals surface area (Å²) in [7, 11) is 1.56. The van der Waals surface area contributed by atoms with Crippen molar-refractivity contribution in [2.75, 3.05) is 13.7 Å². The van der Waals surface area contributed by atoms with Gasteiger partial charge in [0, 0.05) is 24.9 Å². The number of rotatable bonds is 2. The predicted molar refractivity (Wildman–Crippen MR) is 78.0 cm³/mol. The molecule has 0 spiro atoms. The second-order valence-corrected chi connectivity index (χ2v) is 5.70. The molecule has 1 aromatic carbocycles. The third kappa shape index (κ3) is 2.39. The van der Waals surface area contributed by atoms with Crippen LogP contribution in [0.4, 0.5) is 0 Å². The van der Waals surface area contributed by atoms with Crippen molar-refractivity contribution < 1.29 is 28.4 Å². The molecule has 4 rings (SSSR count). The van der Waals surface area contributed by atoms with Crippen LogP contribution in [0.5, 0.6) is 0 Å². The Morgan fingerprint density at radius 1 is 1.05 bits per heavy atom. The number of benzene rings is 1. The maximum Gasteiger partial charge on any atom is 0.353 e. The number of thiocarbonyl (C=S) groups is 1. The minimum absolute atomic E-state index is 0.104. The zero-order valence-corrected chi connectivity index (χ0v) is 12.7. The van der Waals surface area contributed by atoms with Crippen molar-refractivity contribution in [1.82, 2.24) is 0 Å². The molecule has 0 saturated carbocycles. The minimum Gasteiger partial charge on any atom is -0.446 e. The molecule has 0 bridgehead atoms. The van der Waals surface area contributed by atoms with Crippen LogP contribution in [0, 0.1) is 0 Å². The Labute approximate surface area is 133 Å². The van der Waals surface area contributed by atoms with E-state index in [1.165, 1.54) is 0 Å². The highest BCUT2D eigenvalue weighted by molar-refractivity contribution is 7.79. The van der Waals surface area contributed by atoms with E-state index in [1.807, 2.05) is 30.3 Å². The lowest BCUT2D eigenvalue weighted by atomic mass is 9.98. The Kier molecular flexibility index (Phi) is 3.75. The number of methoxy groups -OCH3 is 1. The molecule has 0 radical (unpaired) electrons. The van der Waals surface area contributed by atoms with Crippen molar-refractivity contribution in [3.8, 4) is 0 Å². The molecule has 3 aliphatic heterocycles. The van der Waals surface area contributed by atoms with E-state index in [2.05, 4.69) is 0 Å². The van der Waals surface area contributed by atoms with Crippen LogP contribution in [0.3, 0.4) is 0 Å². The first-order chi connectivity index (χ1) is 10.8. The van der Waals surface area contributed by atoms with E-state index < -0.39 is 18.7 Å². The van der Waals surface area contributed by atoms with E-state index in [1.54, 1.807) is 7.11 Å². The molecule has 3 fully saturated rings. The van der Waals surface area contributed by atoms with Gasteiger partial charge in [0.05, 0.1) is 6.61 Å². The van der Waals surface area contributed by atoms with Gasteiger partial charge < -0.3 is 28.4 Å². The zero-order chi connectivity index (χ0) is 15.1. The van der Waals surface area contributed by atoms with Crippen LogP contribution in [-0.4, -0.2) is 49.7 Å². The summed E-state index contributed by atoms with van der Waals surface area (Å²) >= 11 is 5.01. The van der Waals surface area contributed by atoms with Crippen molar-refractivity contribution >= 4 is 17.5 Å². The van der Waals surface area contributed by atoms with Crippen LogP contribution in [-0.2, 0) is 28.4 Å². The molecule has 3 saturated heterocycles. The molecule has 0 aliphatic carbocycles. The maximum absolute atomic E-state index is 6.06. The van der Waals surface area contributed by atoms with Crippen LogP contribution in [0.1, 0.15) is 11.9 Å². The average Bonchev–Trinajstić information content (AvgIpc) is 2.96. The fourth-order valence-electron chi connectivity index (χ4n) is 3.03. The average molecular weight is 324 g/mol. The van der Waals surface area contributed by atoms with Crippen LogP contribution >= 0.6 is 12.2 Å². The molecule has 7 heteroatoms. The summed E-state index contributed by atoms with van der Waals surface area (Å²) in [5.41, 5.74) is 0.952. The van der Waals surface area contributed by atoms with Crippen LogP contribution < -0.4 is 0 Å². The van der Waals surface area contributed by atoms with E-state index >= 15 is 0 Å². The monoisotopic (exact) mass is 324 g/mol. The van der Waals surface area contributed by atoms with Gasteiger partial charge in [0.2, 0.25) is 0 Å². The maximum atomic E-state index is 6.06. The molecule has 1 unspecified atom stereocenters. The Morgan fingerprint density at radius 3 is 2.59 bits per heavy atom. The van der Waals surface area contributed by atoms with E-state index in [-0.39, 0.29) is 23.5 Å². The fraction of sp³-hybridized carbons (Fsp3) is 0.533. The first-order valence-electron chi connectivity index (χ1n) is 7.14. The molecule has 22 heavy (non-hydrogen) atoms. The summed E-state index contributed by atoms with van der Waals surface area (Å²) in [6.45, 7) is 0.392. The Morgan fingerprint density at radius 2 is 1.82 bits per heavy atom. The minimum atomic E-state index is -0.549. The first-order valence-corrected chi connectivity index (χ1v) is 7.54. The van der Waals surface area contributed by atoms with E-state index in [0.29, 0.717) is 6.61 Å². The molecule has 6 nitrogen and oxygen atoms in total. The van der Waals surface area contributed by atoms with Crippen molar-refractivity contribution in [2.24, 2.45) is 0 Å². The number of hydrogen-bond acceptors (Lipinski definition) is 7. The molecule has 118 valence electrons. The smallest absolute Gasteiger partial charge is 0.353 e. The Hall–Kier alpha value is -1.25. The molecule has 0 N–H and O–H groups in total. The van der Waals surface area contributed by atoms with Crippen molar-refractivity contribution in [1.29, 1.82) is 0 Å². The van der Waals surface area contributed by atoms with E-state index in [4.69, 9.17) is 40.6 Å². The van der Waals surface area contributed by atoms with Gasteiger partial charge in [0.1, 0.15) is 12.2 Å². The van der Waals surface area contributed by atoms with E-state index in [0.717, 1.165) is 5.56 Å². The van der Waals surface area contributed by atoms with Crippen molar-refractivity contribution in [3.63, 3.8) is 0 Å². The van der Waals surface area contributed by atoms with Crippen molar-refractivity contribution in [2.45, 2.75) is 37.0 Å².